The minimum Gasteiger partial charge on any atom is -0.491 e. The molecule has 0 aliphatic rings. The SMILES string of the molecule is COCCOc1cccc(C(=O)Nc2ccc(OCC(=O)O)cc2C)c1. The Morgan fingerprint density at radius 3 is 2.50 bits per heavy atom. The molecule has 2 aromatic rings. The first-order valence-corrected chi connectivity index (χ1v) is 7.98. The van der Waals surface area contributed by atoms with Gasteiger partial charge in [-0.05, 0) is 48.9 Å². The van der Waals surface area contributed by atoms with E-state index < -0.39 is 12.6 Å². The molecule has 2 aromatic carbocycles. The van der Waals surface area contributed by atoms with Crippen molar-refractivity contribution in [2.24, 2.45) is 0 Å². The molecule has 0 aliphatic heterocycles. The third-order valence-corrected chi connectivity index (χ3v) is 3.46. The van der Waals surface area contributed by atoms with E-state index in [-0.39, 0.29) is 5.91 Å². The zero-order chi connectivity index (χ0) is 18.9. The Labute approximate surface area is 151 Å². The third-order valence-electron chi connectivity index (χ3n) is 3.46. The maximum atomic E-state index is 12.4. The van der Waals surface area contributed by atoms with Gasteiger partial charge < -0.3 is 24.6 Å². The maximum Gasteiger partial charge on any atom is 0.341 e. The fraction of sp³-hybridized carbons (Fsp3) is 0.263. The number of benzene rings is 2. The summed E-state index contributed by atoms with van der Waals surface area (Å²) in [5.74, 6) is -0.308. The van der Waals surface area contributed by atoms with Gasteiger partial charge in [-0.1, -0.05) is 6.07 Å². The van der Waals surface area contributed by atoms with Gasteiger partial charge in [0, 0.05) is 18.4 Å². The van der Waals surface area contributed by atoms with Crippen molar-refractivity contribution in [3.63, 3.8) is 0 Å². The molecule has 2 rings (SSSR count). The molecule has 7 nitrogen and oxygen atoms in total. The third kappa shape index (κ3) is 5.78. The molecule has 0 aromatic heterocycles. The first-order valence-electron chi connectivity index (χ1n) is 7.98. The van der Waals surface area contributed by atoms with E-state index in [1.807, 2.05) is 0 Å². The average Bonchev–Trinajstić information content (AvgIpc) is 2.62. The summed E-state index contributed by atoms with van der Waals surface area (Å²) in [7, 11) is 1.59. The van der Waals surface area contributed by atoms with E-state index in [1.54, 1.807) is 56.5 Å². The second-order valence-electron chi connectivity index (χ2n) is 5.48. The molecule has 26 heavy (non-hydrogen) atoms. The fourth-order valence-electron chi connectivity index (χ4n) is 2.18. The van der Waals surface area contributed by atoms with Gasteiger partial charge >= 0.3 is 5.97 Å². The lowest BCUT2D eigenvalue weighted by Gasteiger charge is -2.11. The minimum absolute atomic E-state index is 0.274. The number of carbonyl (C=O) groups is 2. The molecule has 0 heterocycles. The van der Waals surface area contributed by atoms with E-state index in [9.17, 15) is 9.59 Å². The summed E-state index contributed by atoms with van der Waals surface area (Å²) < 4.78 is 15.5. The van der Waals surface area contributed by atoms with Crippen LogP contribution >= 0.6 is 0 Å². The number of ether oxygens (including phenoxy) is 3. The monoisotopic (exact) mass is 359 g/mol. The van der Waals surface area contributed by atoms with Crippen molar-refractivity contribution < 1.29 is 28.9 Å². The molecule has 0 fully saturated rings. The van der Waals surface area contributed by atoms with E-state index in [0.29, 0.717) is 36.0 Å². The Balaban J connectivity index is 2.02. The number of carboxylic acid groups (broad SMARTS) is 1. The van der Waals surface area contributed by atoms with Crippen LogP contribution < -0.4 is 14.8 Å². The molecule has 1 amide bonds. The summed E-state index contributed by atoms with van der Waals surface area (Å²) in [5, 5.41) is 11.5. The normalized spacial score (nSPS) is 10.2. The number of carboxylic acids is 1. The van der Waals surface area contributed by atoms with Gasteiger partial charge in [-0.3, -0.25) is 4.79 Å². The molecule has 0 aliphatic carbocycles. The van der Waals surface area contributed by atoms with Gasteiger partial charge in [0.15, 0.2) is 6.61 Å². The van der Waals surface area contributed by atoms with Crippen molar-refractivity contribution in [1.82, 2.24) is 0 Å². The summed E-state index contributed by atoms with van der Waals surface area (Å²) in [6.07, 6.45) is 0. The van der Waals surface area contributed by atoms with Crippen LogP contribution in [0, 0.1) is 6.92 Å². The summed E-state index contributed by atoms with van der Waals surface area (Å²) in [6.45, 7) is 2.25. The molecule has 7 heteroatoms. The minimum atomic E-state index is -1.05. The lowest BCUT2D eigenvalue weighted by Crippen LogP contribution is -2.13. The highest BCUT2D eigenvalue weighted by atomic mass is 16.5. The number of anilines is 1. The predicted molar refractivity (Wildman–Crippen MR) is 96.1 cm³/mol. The number of aryl methyl sites for hydroxylation is 1. The molecule has 0 radical (unpaired) electrons. The van der Waals surface area contributed by atoms with E-state index >= 15 is 0 Å². The quantitative estimate of drug-likeness (QED) is 0.669. The number of carbonyl (C=O) groups excluding carboxylic acids is 1. The predicted octanol–water partition coefficient (Wildman–Crippen LogP) is 2.74. The van der Waals surface area contributed by atoms with Crippen molar-refractivity contribution in [1.29, 1.82) is 0 Å². The molecule has 0 spiro atoms. The highest BCUT2D eigenvalue weighted by Gasteiger charge is 2.10. The Morgan fingerprint density at radius 2 is 1.81 bits per heavy atom. The Bertz CT molecular complexity index is 774. The van der Waals surface area contributed by atoms with Crippen LogP contribution in [-0.2, 0) is 9.53 Å². The number of hydrogen-bond donors (Lipinski definition) is 2. The Hall–Kier alpha value is -3.06. The summed E-state index contributed by atoms with van der Waals surface area (Å²) in [4.78, 5) is 23.0. The van der Waals surface area contributed by atoms with Crippen molar-refractivity contribution in [2.75, 3.05) is 32.2 Å². The van der Waals surface area contributed by atoms with Crippen molar-refractivity contribution >= 4 is 17.6 Å². The van der Waals surface area contributed by atoms with Gasteiger partial charge in [0.1, 0.15) is 18.1 Å². The second-order valence-corrected chi connectivity index (χ2v) is 5.48. The molecule has 0 bridgehead atoms. The number of nitrogens with one attached hydrogen (secondary N) is 1. The van der Waals surface area contributed by atoms with Gasteiger partial charge in [-0.25, -0.2) is 4.79 Å². The van der Waals surface area contributed by atoms with Gasteiger partial charge in [-0.2, -0.15) is 0 Å². The van der Waals surface area contributed by atoms with Crippen LogP contribution in [0.15, 0.2) is 42.5 Å². The molecule has 0 saturated carbocycles. The van der Waals surface area contributed by atoms with Crippen LogP contribution in [0.4, 0.5) is 5.69 Å². The molecule has 0 atom stereocenters. The van der Waals surface area contributed by atoms with Crippen molar-refractivity contribution in [2.45, 2.75) is 6.92 Å². The molecule has 2 N–H and O–H groups in total. The van der Waals surface area contributed by atoms with Gasteiger partial charge in [0.25, 0.3) is 5.91 Å². The smallest absolute Gasteiger partial charge is 0.341 e. The van der Waals surface area contributed by atoms with Gasteiger partial charge in [0.05, 0.1) is 6.61 Å². The fourth-order valence-corrected chi connectivity index (χ4v) is 2.18. The molecule has 0 unspecified atom stereocenters. The number of hydrogen-bond acceptors (Lipinski definition) is 5. The van der Waals surface area contributed by atoms with Crippen LogP contribution in [0.5, 0.6) is 11.5 Å². The van der Waals surface area contributed by atoms with Crippen LogP contribution in [-0.4, -0.2) is 43.9 Å². The highest BCUT2D eigenvalue weighted by molar-refractivity contribution is 6.04. The van der Waals surface area contributed by atoms with Gasteiger partial charge in [-0.15, -0.1) is 0 Å². The molecular weight excluding hydrogens is 338 g/mol. The van der Waals surface area contributed by atoms with Crippen LogP contribution in [0.1, 0.15) is 15.9 Å². The first kappa shape index (κ1) is 19.3. The molecule has 0 saturated heterocycles. The number of amides is 1. The van der Waals surface area contributed by atoms with Crippen LogP contribution in [0.3, 0.4) is 0 Å². The standard InChI is InChI=1S/C19H21NO6/c1-13-10-16(26-12-18(21)22)6-7-17(13)20-19(23)14-4-3-5-15(11-14)25-9-8-24-2/h3-7,10-11H,8-9,12H2,1-2H3,(H,20,23)(H,21,22). The van der Waals surface area contributed by atoms with Gasteiger partial charge in [0.2, 0.25) is 0 Å². The number of rotatable bonds is 9. The van der Waals surface area contributed by atoms with E-state index in [2.05, 4.69) is 5.32 Å². The van der Waals surface area contributed by atoms with E-state index in [4.69, 9.17) is 19.3 Å². The number of methoxy groups -OCH3 is 1. The lowest BCUT2D eigenvalue weighted by atomic mass is 10.1. The van der Waals surface area contributed by atoms with Crippen LogP contribution in [0.2, 0.25) is 0 Å². The van der Waals surface area contributed by atoms with E-state index in [1.165, 1.54) is 0 Å². The lowest BCUT2D eigenvalue weighted by molar-refractivity contribution is -0.139. The highest BCUT2D eigenvalue weighted by Crippen LogP contribution is 2.22. The summed E-state index contributed by atoms with van der Waals surface area (Å²) in [5.41, 5.74) is 1.84. The summed E-state index contributed by atoms with van der Waals surface area (Å²) in [6, 6.07) is 11.8. The maximum absolute atomic E-state index is 12.4. The zero-order valence-electron chi connectivity index (χ0n) is 14.7. The molecular formula is C19H21NO6. The average molecular weight is 359 g/mol. The molecule has 138 valence electrons. The Morgan fingerprint density at radius 1 is 1.04 bits per heavy atom. The Kier molecular flexibility index (Phi) is 6.99. The van der Waals surface area contributed by atoms with Crippen molar-refractivity contribution in [3.8, 4) is 11.5 Å². The zero-order valence-corrected chi connectivity index (χ0v) is 14.7. The van der Waals surface area contributed by atoms with Crippen LogP contribution in [0.25, 0.3) is 0 Å². The topological polar surface area (TPSA) is 94.1 Å². The number of aliphatic carboxylic acids is 1. The first-order chi connectivity index (χ1) is 12.5. The van der Waals surface area contributed by atoms with E-state index in [0.717, 1.165) is 5.56 Å². The second kappa shape index (κ2) is 9.43. The summed E-state index contributed by atoms with van der Waals surface area (Å²) >= 11 is 0. The van der Waals surface area contributed by atoms with Crippen molar-refractivity contribution in [3.05, 3.63) is 53.6 Å². The largest absolute Gasteiger partial charge is 0.491 e.